The monoisotopic (exact) mass is 222 g/mol. The van der Waals surface area contributed by atoms with Crippen LogP contribution in [0.15, 0.2) is 18.2 Å². The molecule has 0 saturated carbocycles. The van der Waals surface area contributed by atoms with Crippen molar-refractivity contribution < 1.29 is 9.47 Å². The van der Waals surface area contributed by atoms with Crippen LogP contribution in [0.25, 0.3) is 0 Å². The van der Waals surface area contributed by atoms with Crippen LogP contribution in [0, 0.1) is 5.92 Å². The Balaban J connectivity index is 1.93. The van der Waals surface area contributed by atoms with Crippen LogP contribution in [0.3, 0.4) is 0 Å². The largest absolute Gasteiger partial charge is 0.495 e. The van der Waals surface area contributed by atoms with E-state index in [9.17, 15) is 0 Å². The average Bonchev–Trinajstić information content (AvgIpc) is 2.81. The molecule has 3 N–H and O–H groups in total. The Hall–Kier alpha value is -1.42. The Morgan fingerprint density at radius 2 is 2.44 bits per heavy atom. The molecule has 16 heavy (non-hydrogen) atoms. The summed E-state index contributed by atoms with van der Waals surface area (Å²) >= 11 is 0. The smallest absolute Gasteiger partial charge is 0.143 e. The molecule has 0 aromatic heterocycles. The SMILES string of the molecule is COc1cc(NCC2CCOC2)ccc1N. The number of ether oxygens (including phenoxy) is 2. The van der Waals surface area contributed by atoms with Gasteiger partial charge in [0, 0.05) is 30.8 Å². The molecule has 1 fully saturated rings. The lowest BCUT2D eigenvalue weighted by Gasteiger charge is -2.12. The minimum absolute atomic E-state index is 0.614. The number of rotatable bonds is 4. The van der Waals surface area contributed by atoms with E-state index in [4.69, 9.17) is 15.2 Å². The summed E-state index contributed by atoms with van der Waals surface area (Å²) in [6.45, 7) is 2.68. The van der Waals surface area contributed by atoms with Gasteiger partial charge in [-0.05, 0) is 18.6 Å². The highest BCUT2D eigenvalue weighted by atomic mass is 16.5. The molecule has 1 aromatic rings. The number of hydrogen-bond acceptors (Lipinski definition) is 4. The molecular formula is C12H18N2O2. The van der Waals surface area contributed by atoms with Crippen LogP contribution < -0.4 is 15.8 Å². The molecule has 1 unspecified atom stereocenters. The van der Waals surface area contributed by atoms with Gasteiger partial charge in [0.05, 0.1) is 19.4 Å². The van der Waals surface area contributed by atoms with Crippen LogP contribution in [0.1, 0.15) is 6.42 Å². The summed E-state index contributed by atoms with van der Waals surface area (Å²) in [4.78, 5) is 0. The van der Waals surface area contributed by atoms with Crippen LogP contribution in [0.4, 0.5) is 11.4 Å². The molecule has 1 aliphatic heterocycles. The van der Waals surface area contributed by atoms with Gasteiger partial charge in [0.2, 0.25) is 0 Å². The van der Waals surface area contributed by atoms with Crippen LogP contribution in [0.2, 0.25) is 0 Å². The fourth-order valence-corrected chi connectivity index (χ4v) is 1.83. The van der Waals surface area contributed by atoms with E-state index in [1.165, 1.54) is 0 Å². The molecule has 0 bridgehead atoms. The minimum atomic E-state index is 0.614. The first-order valence-electron chi connectivity index (χ1n) is 5.54. The predicted octanol–water partition coefficient (Wildman–Crippen LogP) is 1.73. The van der Waals surface area contributed by atoms with Gasteiger partial charge < -0.3 is 20.5 Å². The van der Waals surface area contributed by atoms with Crippen LogP contribution >= 0.6 is 0 Å². The van der Waals surface area contributed by atoms with E-state index in [2.05, 4.69) is 5.32 Å². The fraction of sp³-hybridized carbons (Fsp3) is 0.500. The fourth-order valence-electron chi connectivity index (χ4n) is 1.83. The van der Waals surface area contributed by atoms with Gasteiger partial charge in [-0.2, -0.15) is 0 Å². The van der Waals surface area contributed by atoms with Crippen LogP contribution in [-0.2, 0) is 4.74 Å². The topological polar surface area (TPSA) is 56.5 Å². The molecule has 0 aliphatic carbocycles. The molecule has 0 spiro atoms. The Labute approximate surface area is 95.7 Å². The molecule has 4 nitrogen and oxygen atoms in total. The molecular weight excluding hydrogens is 204 g/mol. The molecule has 1 aliphatic rings. The van der Waals surface area contributed by atoms with Crippen molar-refractivity contribution in [2.24, 2.45) is 5.92 Å². The zero-order chi connectivity index (χ0) is 11.4. The number of nitrogens with two attached hydrogens (primary N) is 1. The molecule has 1 heterocycles. The maximum Gasteiger partial charge on any atom is 0.143 e. The van der Waals surface area contributed by atoms with Crippen LogP contribution in [0.5, 0.6) is 5.75 Å². The first-order valence-corrected chi connectivity index (χ1v) is 5.54. The van der Waals surface area contributed by atoms with Gasteiger partial charge in [-0.25, -0.2) is 0 Å². The number of hydrogen-bond donors (Lipinski definition) is 2. The molecule has 1 atom stereocenters. The van der Waals surface area contributed by atoms with Crippen molar-refractivity contribution in [3.05, 3.63) is 18.2 Å². The molecule has 4 heteroatoms. The van der Waals surface area contributed by atoms with E-state index in [1.54, 1.807) is 7.11 Å². The number of nitrogens with one attached hydrogen (secondary N) is 1. The van der Waals surface area contributed by atoms with Gasteiger partial charge in [-0.3, -0.25) is 0 Å². The van der Waals surface area contributed by atoms with E-state index >= 15 is 0 Å². The summed E-state index contributed by atoms with van der Waals surface area (Å²) in [5.74, 6) is 1.33. The van der Waals surface area contributed by atoms with Gasteiger partial charge in [0.1, 0.15) is 5.75 Å². The van der Waals surface area contributed by atoms with E-state index in [0.29, 0.717) is 17.4 Å². The normalized spacial score (nSPS) is 19.7. The highest BCUT2D eigenvalue weighted by Crippen LogP contribution is 2.25. The van der Waals surface area contributed by atoms with Crippen LogP contribution in [-0.4, -0.2) is 26.9 Å². The summed E-state index contributed by atoms with van der Waals surface area (Å²) < 4.78 is 10.5. The second kappa shape index (κ2) is 5.07. The van der Waals surface area contributed by atoms with Crippen molar-refractivity contribution in [2.75, 3.05) is 37.9 Å². The van der Waals surface area contributed by atoms with E-state index < -0.39 is 0 Å². The van der Waals surface area contributed by atoms with Crippen molar-refractivity contribution in [3.63, 3.8) is 0 Å². The summed E-state index contributed by atoms with van der Waals surface area (Å²) in [5.41, 5.74) is 7.45. The zero-order valence-electron chi connectivity index (χ0n) is 9.53. The third-order valence-electron chi connectivity index (χ3n) is 2.85. The molecule has 2 rings (SSSR count). The lowest BCUT2D eigenvalue weighted by Crippen LogP contribution is -2.14. The van der Waals surface area contributed by atoms with Gasteiger partial charge in [0.15, 0.2) is 0 Å². The maximum atomic E-state index is 5.75. The number of methoxy groups -OCH3 is 1. The quantitative estimate of drug-likeness (QED) is 0.762. The Bertz CT molecular complexity index is 349. The maximum absolute atomic E-state index is 5.75. The standard InChI is InChI=1S/C12H18N2O2/c1-15-12-6-10(2-3-11(12)13)14-7-9-4-5-16-8-9/h2-3,6,9,14H,4-5,7-8,13H2,1H3. The molecule has 1 aromatic carbocycles. The lowest BCUT2D eigenvalue weighted by atomic mass is 10.1. The van der Waals surface area contributed by atoms with Crippen molar-refractivity contribution in [2.45, 2.75) is 6.42 Å². The third kappa shape index (κ3) is 2.58. The second-order valence-corrected chi connectivity index (χ2v) is 4.07. The summed E-state index contributed by atoms with van der Waals surface area (Å²) in [6.07, 6.45) is 1.14. The lowest BCUT2D eigenvalue weighted by molar-refractivity contribution is 0.187. The minimum Gasteiger partial charge on any atom is -0.495 e. The second-order valence-electron chi connectivity index (χ2n) is 4.07. The van der Waals surface area contributed by atoms with Crippen molar-refractivity contribution >= 4 is 11.4 Å². The van der Waals surface area contributed by atoms with Crippen molar-refractivity contribution in [1.29, 1.82) is 0 Å². The van der Waals surface area contributed by atoms with E-state index in [1.807, 2.05) is 18.2 Å². The highest BCUT2D eigenvalue weighted by Gasteiger charge is 2.15. The first kappa shape index (κ1) is 11.1. The first-order chi connectivity index (χ1) is 7.79. The highest BCUT2D eigenvalue weighted by molar-refractivity contribution is 5.61. The zero-order valence-corrected chi connectivity index (χ0v) is 9.53. The molecule has 88 valence electrons. The molecule has 0 amide bonds. The number of benzene rings is 1. The van der Waals surface area contributed by atoms with E-state index in [-0.39, 0.29) is 0 Å². The molecule has 0 radical (unpaired) electrons. The van der Waals surface area contributed by atoms with Gasteiger partial charge in [0.25, 0.3) is 0 Å². The van der Waals surface area contributed by atoms with Crippen molar-refractivity contribution in [1.82, 2.24) is 0 Å². The summed E-state index contributed by atoms with van der Waals surface area (Å²) in [5, 5.41) is 3.37. The van der Waals surface area contributed by atoms with Crippen molar-refractivity contribution in [3.8, 4) is 5.75 Å². The third-order valence-corrected chi connectivity index (χ3v) is 2.85. The van der Waals surface area contributed by atoms with Gasteiger partial charge in [-0.1, -0.05) is 0 Å². The number of nitrogen functional groups attached to an aromatic ring is 1. The number of anilines is 2. The Morgan fingerprint density at radius 3 is 3.12 bits per heavy atom. The summed E-state index contributed by atoms with van der Waals surface area (Å²) in [7, 11) is 1.63. The average molecular weight is 222 g/mol. The molecule has 1 saturated heterocycles. The van der Waals surface area contributed by atoms with Gasteiger partial charge >= 0.3 is 0 Å². The predicted molar refractivity (Wildman–Crippen MR) is 64.8 cm³/mol. The van der Waals surface area contributed by atoms with E-state index in [0.717, 1.165) is 31.9 Å². The van der Waals surface area contributed by atoms with Gasteiger partial charge in [-0.15, -0.1) is 0 Å². The Kier molecular flexibility index (Phi) is 3.51. The Morgan fingerprint density at radius 1 is 1.56 bits per heavy atom. The summed E-state index contributed by atoms with van der Waals surface area (Å²) in [6, 6.07) is 5.74.